The lowest BCUT2D eigenvalue weighted by Gasteiger charge is -2.16. The second-order valence-corrected chi connectivity index (χ2v) is 4.44. The molecule has 0 aromatic rings. The maximum atomic E-state index is 10.9. The van der Waals surface area contributed by atoms with E-state index in [-0.39, 0.29) is 0 Å². The van der Waals surface area contributed by atoms with Crippen molar-refractivity contribution in [1.29, 1.82) is 0 Å². The molecule has 0 heterocycles. The van der Waals surface area contributed by atoms with Crippen LogP contribution < -0.4 is 5.32 Å². The van der Waals surface area contributed by atoms with Gasteiger partial charge in [-0.05, 0) is 18.8 Å². The van der Waals surface area contributed by atoms with Crippen LogP contribution in [0.1, 0.15) is 40.0 Å². The second-order valence-electron chi connectivity index (χ2n) is 4.44. The summed E-state index contributed by atoms with van der Waals surface area (Å²) in [5.74, 6) is -0.392. The smallest absolute Gasteiger partial charge is 0.320 e. The lowest BCUT2D eigenvalue weighted by atomic mass is 10.0. The Kier molecular flexibility index (Phi) is 9.24. The summed E-state index contributed by atoms with van der Waals surface area (Å²) in [6.07, 6.45) is 2.84. The first-order chi connectivity index (χ1) is 7.57. The van der Waals surface area contributed by atoms with Crippen molar-refractivity contribution in [2.45, 2.75) is 46.1 Å². The Hall–Kier alpha value is -0.610. The fourth-order valence-electron chi connectivity index (χ4n) is 1.40. The van der Waals surface area contributed by atoms with E-state index in [9.17, 15) is 4.79 Å². The zero-order valence-corrected chi connectivity index (χ0v) is 10.7. The molecule has 2 N–H and O–H groups in total. The summed E-state index contributed by atoms with van der Waals surface area (Å²) in [6, 6.07) is -0.449. The van der Waals surface area contributed by atoms with E-state index < -0.39 is 12.0 Å². The lowest BCUT2D eigenvalue weighted by molar-refractivity contribution is -0.140. The van der Waals surface area contributed by atoms with Gasteiger partial charge in [-0.3, -0.25) is 4.79 Å². The van der Waals surface area contributed by atoms with Crippen LogP contribution in [0, 0.1) is 5.92 Å². The van der Waals surface area contributed by atoms with Gasteiger partial charge in [0.05, 0.1) is 6.61 Å². The normalized spacial score (nSPS) is 13.0. The Morgan fingerprint density at radius 1 is 1.38 bits per heavy atom. The van der Waals surface area contributed by atoms with E-state index in [1.807, 2.05) is 13.8 Å². The highest BCUT2D eigenvalue weighted by Gasteiger charge is 2.17. The quantitative estimate of drug-likeness (QED) is 0.564. The third kappa shape index (κ3) is 8.68. The molecular formula is C12H25NO3. The van der Waals surface area contributed by atoms with E-state index in [0.29, 0.717) is 25.5 Å². The molecule has 0 aromatic heterocycles. The topological polar surface area (TPSA) is 58.6 Å². The van der Waals surface area contributed by atoms with Gasteiger partial charge in [0, 0.05) is 13.2 Å². The number of carboxylic acid groups (broad SMARTS) is 1. The van der Waals surface area contributed by atoms with Crippen LogP contribution in [-0.4, -0.2) is 36.9 Å². The third-order valence-corrected chi connectivity index (χ3v) is 2.28. The van der Waals surface area contributed by atoms with Gasteiger partial charge in [-0.15, -0.1) is 0 Å². The summed E-state index contributed by atoms with van der Waals surface area (Å²) < 4.78 is 5.35. The minimum Gasteiger partial charge on any atom is -0.480 e. The monoisotopic (exact) mass is 231 g/mol. The molecule has 1 unspecified atom stereocenters. The van der Waals surface area contributed by atoms with Crippen LogP contribution in [0.4, 0.5) is 0 Å². The first kappa shape index (κ1) is 15.4. The van der Waals surface area contributed by atoms with Gasteiger partial charge in [-0.1, -0.05) is 27.2 Å². The molecule has 0 radical (unpaired) electrons. The number of aliphatic carboxylic acids is 1. The van der Waals surface area contributed by atoms with Crippen molar-refractivity contribution in [3.63, 3.8) is 0 Å². The van der Waals surface area contributed by atoms with Gasteiger partial charge in [0.15, 0.2) is 0 Å². The van der Waals surface area contributed by atoms with Crippen molar-refractivity contribution in [2.75, 3.05) is 19.8 Å². The van der Waals surface area contributed by atoms with E-state index >= 15 is 0 Å². The van der Waals surface area contributed by atoms with Crippen LogP contribution in [0.3, 0.4) is 0 Å². The van der Waals surface area contributed by atoms with Gasteiger partial charge < -0.3 is 15.2 Å². The maximum Gasteiger partial charge on any atom is 0.320 e. The Bertz CT molecular complexity index is 183. The minimum absolute atomic E-state index is 0.384. The largest absolute Gasteiger partial charge is 0.480 e. The molecule has 0 amide bonds. The fourth-order valence-corrected chi connectivity index (χ4v) is 1.40. The summed E-state index contributed by atoms with van der Waals surface area (Å²) in [4.78, 5) is 10.9. The first-order valence-corrected chi connectivity index (χ1v) is 6.11. The van der Waals surface area contributed by atoms with E-state index in [1.54, 1.807) is 0 Å². The number of rotatable bonds is 10. The maximum absolute atomic E-state index is 10.9. The van der Waals surface area contributed by atoms with Gasteiger partial charge in [-0.25, -0.2) is 0 Å². The van der Waals surface area contributed by atoms with Crippen molar-refractivity contribution in [3.8, 4) is 0 Å². The summed E-state index contributed by atoms with van der Waals surface area (Å²) >= 11 is 0. The predicted octanol–water partition coefficient (Wildman–Crippen LogP) is 1.89. The molecule has 0 saturated heterocycles. The standard InChI is InChI=1S/C12H25NO3/c1-4-5-7-16-8-6-13-11(12(14)15)9-10(2)3/h10-11,13H,4-9H2,1-3H3,(H,14,15). The van der Waals surface area contributed by atoms with Crippen molar-refractivity contribution in [2.24, 2.45) is 5.92 Å². The summed E-state index contributed by atoms with van der Waals surface area (Å²) in [6.45, 7) is 8.12. The van der Waals surface area contributed by atoms with Crippen LogP contribution in [0.5, 0.6) is 0 Å². The number of hydrogen-bond donors (Lipinski definition) is 2. The molecule has 0 saturated carbocycles. The number of carbonyl (C=O) groups is 1. The summed E-state index contributed by atoms with van der Waals surface area (Å²) in [5, 5.41) is 12.0. The molecule has 0 aromatic carbocycles. The summed E-state index contributed by atoms with van der Waals surface area (Å²) in [5.41, 5.74) is 0. The van der Waals surface area contributed by atoms with Gasteiger partial charge in [0.2, 0.25) is 0 Å². The van der Waals surface area contributed by atoms with Gasteiger partial charge in [-0.2, -0.15) is 0 Å². The van der Waals surface area contributed by atoms with Crippen molar-refractivity contribution < 1.29 is 14.6 Å². The number of carboxylic acids is 1. The van der Waals surface area contributed by atoms with Crippen LogP contribution in [-0.2, 0) is 9.53 Å². The zero-order chi connectivity index (χ0) is 12.4. The molecule has 96 valence electrons. The molecule has 0 bridgehead atoms. The van der Waals surface area contributed by atoms with E-state index in [2.05, 4.69) is 12.2 Å². The molecule has 0 fully saturated rings. The van der Waals surface area contributed by atoms with Gasteiger partial charge in [0.1, 0.15) is 6.04 Å². The molecule has 0 spiro atoms. The number of nitrogens with one attached hydrogen (secondary N) is 1. The molecule has 1 atom stereocenters. The highest BCUT2D eigenvalue weighted by Crippen LogP contribution is 2.04. The SMILES string of the molecule is CCCCOCCNC(CC(C)C)C(=O)O. The highest BCUT2D eigenvalue weighted by atomic mass is 16.5. The van der Waals surface area contributed by atoms with E-state index in [4.69, 9.17) is 9.84 Å². The molecule has 0 aliphatic rings. The summed E-state index contributed by atoms with van der Waals surface area (Å²) in [7, 11) is 0. The van der Waals surface area contributed by atoms with Crippen LogP contribution >= 0.6 is 0 Å². The number of unbranched alkanes of at least 4 members (excludes halogenated alkanes) is 1. The van der Waals surface area contributed by atoms with Crippen molar-refractivity contribution in [3.05, 3.63) is 0 Å². The Balaban J connectivity index is 3.57. The Labute approximate surface area is 98.4 Å². The van der Waals surface area contributed by atoms with Crippen LogP contribution in [0.2, 0.25) is 0 Å². The van der Waals surface area contributed by atoms with Crippen LogP contribution in [0.25, 0.3) is 0 Å². The Morgan fingerprint density at radius 3 is 2.56 bits per heavy atom. The van der Waals surface area contributed by atoms with Gasteiger partial charge >= 0.3 is 5.97 Å². The average Bonchev–Trinajstić information content (AvgIpc) is 2.20. The molecule has 16 heavy (non-hydrogen) atoms. The second kappa shape index (κ2) is 9.60. The number of ether oxygens (including phenoxy) is 1. The van der Waals surface area contributed by atoms with E-state index in [1.165, 1.54) is 0 Å². The van der Waals surface area contributed by atoms with Crippen molar-refractivity contribution in [1.82, 2.24) is 5.32 Å². The van der Waals surface area contributed by atoms with Crippen LogP contribution in [0.15, 0.2) is 0 Å². The average molecular weight is 231 g/mol. The molecular weight excluding hydrogens is 206 g/mol. The molecule has 0 rings (SSSR count). The molecule has 4 nitrogen and oxygen atoms in total. The van der Waals surface area contributed by atoms with Gasteiger partial charge in [0.25, 0.3) is 0 Å². The van der Waals surface area contributed by atoms with E-state index in [0.717, 1.165) is 19.4 Å². The lowest BCUT2D eigenvalue weighted by Crippen LogP contribution is -2.39. The minimum atomic E-state index is -0.776. The number of hydrogen-bond acceptors (Lipinski definition) is 3. The predicted molar refractivity (Wildman–Crippen MR) is 64.6 cm³/mol. The molecule has 0 aliphatic heterocycles. The first-order valence-electron chi connectivity index (χ1n) is 6.11. The molecule has 0 aliphatic carbocycles. The zero-order valence-electron chi connectivity index (χ0n) is 10.7. The van der Waals surface area contributed by atoms with Crippen molar-refractivity contribution >= 4 is 5.97 Å². The molecule has 4 heteroatoms. The Morgan fingerprint density at radius 2 is 2.06 bits per heavy atom. The third-order valence-electron chi connectivity index (χ3n) is 2.28. The highest BCUT2D eigenvalue weighted by molar-refractivity contribution is 5.73. The fraction of sp³-hybridized carbons (Fsp3) is 0.917.